The van der Waals surface area contributed by atoms with Crippen molar-refractivity contribution in [3.8, 4) is 11.5 Å². The summed E-state index contributed by atoms with van der Waals surface area (Å²) in [5, 5.41) is 1.43. The molecule has 4 heteroatoms. The molecule has 0 saturated heterocycles. The van der Waals surface area contributed by atoms with Gasteiger partial charge in [0.25, 0.3) is 0 Å². The summed E-state index contributed by atoms with van der Waals surface area (Å²) in [6, 6.07) is 5.76. The van der Waals surface area contributed by atoms with E-state index in [1.807, 2.05) is 39.0 Å². The average Bonchev–Trinajstić information content (AvgIpc) is 2.35. The Labute approximate surface area is 112 Å². The third-order valence-corrected chi connectivity index (χ3v) is 3.02. The molecule has 96 valence electrons. The molecule has 2 rings (SSSR count). The van der Waals surface area contributed by atoms with Crippen LogP contribution in [0.15, 0.2) is 18.2 Å². The number of aromatic nitrogens is 1. The molecule has 0 saturated carbocycles. The van der Waals surface area contributed by atoms with Crippen molar-refractivity contribution < 1.29 is 9.47 Å². The predicted molar refractivity (Wildman–Crippen MR) is 73.8 cm³/mol. The first kappa shape index (κ1) is 13.0. The van der Waals surface area contributed by atoms with Crippen LogP contribution in [0.2, 0.25) is 5.15 Å². The van der Waals surface area contributed by atoms with Gasteiger partial charge in [0.15, 0.2) is 0 Å². The number of pyridine rings is 1. The number of fused-ring (bicyclic) bond motifs is 1. The van der Waals surface area contributed by atoms with Gasteiger partial charge in [0.1, 0.15) is 22.2 Å². The molecule has 0 N–H and O–H groups in total. The highest BCUT2D eigenvalue weighted by Gasteiger charge is 2.11. The zero-order chi connectivity index (χ0) is 13.1. The average molecular weight is 266 g/mol. The van der Waals surface area contributed by atoms with E-state index < -0.39 is 0 Å². The van der Waals surface area contributed by atoms with Crippen molar-refractivity contribution in [2.24, 2.45) is 0 Å². The lowest BCUT2D eigenvalue weighted by Gasteiger charge is -2.12. The Balaban J connectivity index is 2.69. The first-order chi connectivity index (χ1) is 8.67. The molecule has 0 aliphatic carbocycles. The van der Waals surface area contributed by atoms with Crippen LogP contribution in [0.4, 0.5) is 0 Å². The molecule has 0 radical (unpaired) electrons. The lowest BCUT2D eigenvalue weighted by Crippen LogP contribution is -1.98. The van der Waals surface area contributed by atoms with Crippen molar-refractivity contribution in [3.05, 3.63) is 28.9 Å². The Morgan fingerprint density at radius 1 is 1.11 bits per heavy atom. The molecule has 3 nitrogen and oxygen atoms in total. The summed E-state index contributed by atoms with van der Waals surface area (Å²) in [5.74, 6) is 1.54. The fourth-order valence-electron chi connectivity index (χ4n) is 1.84. The number of aryl methyl sites for hydroxylation is 1. The number of hydrogen-bond donors (Lipinski definition) is 0. The van der Waals surface area contributed by atoms with Crippen LogP contribution in [-0.4, -0.2) is 18.2 Å². The van der Waals surface area contributed by atoms with Gasteiger partial charge in [-0.3, -0.25) is 0 Å². The van der Waals surface area contributed by atoms with Gasteiger partial charge in [-0.2, -0.15) is 0 Å². The van der Waals surface area contributed by atoms with Crippen molar-refractivity contribution in [2.75, 3.05) is 13.2 Å². The maximum Gasteiger partial charge on any atom is 0.145 e. The molecular weight excluding hydrogens is 250 g/mol. The van der Waals surface area contributed by atoms with E-state index in [9.17, 15) is 0 Å². The summed E-state index contributed by atoms with van der Waals surface area (Å²) < 4.78 is 11.2. The number of halogens is 1. The molecule has 0 spiro atoms. The van der Waals surface area contributed by atoms with Crippen molar-refractivity contribution in [3.63, 3.8) is 0 Å². The van der Waals surface area contributed by atoms with E-state index in [-0.39, 0.29) is 0 Å². The molecule has 0 unspecified atom stereocenters. The maximum atomic E-state index is 6.08. The SMILES string of the molecule is CCOc1ccc(OCC)c2nc(Cl)c(C)cc12. The quantitative estimate of drug-likeness (QED) is 0.783. The van der Waals surface area contributed by atoms with E-state index in [1.165, 1.54) is 0 Å². The molecule has 1 aromatic carbocycles. The first-order valence-corrected chi connectivity index (χ1v) is 6.40. The van der Waals surface area contributed by atoms with Crippen LogP contribution >= 0.6 is 11.6 Å². The molecule has 0 aliphatic heterocycles. The fourth-order valence-corrected chi connectivity index (χ4v) is 1.98. The van der Waals surface area contributed by atoms with E-state index in [2.05, 4.69) is 4.98 Å². The van der Waals surface area contributed by atoms with E-state index in [0.717, 1.165) is 28.0 Å². The minimum absolute atomic E-state index is 0.497. The molecule has 1 aromatic heterocycles. The van der Waals surface area contributed by atoms with Crippen LogP contribution in [0.5, 0.6) is 11.5 Å². The normalized spacial score (nSPS) is 10.7. The van der Waals surface area contributed by atoms with Gasteiger partial charge in [0.05, 0.1) is 13.2 Å². The number of hydrogen-bond acceptors (Lipinski definition) is 3. The number of rotatable bonds is 4. The van der Waals surface area contributed by atoms with E-state index in [0.29, 0.717) is 18.4 Å². The van der Waals surface area contributed by atoms with Gasteiger partial charge in [-0.15, -0.1) is 0 Å². The third kappa shape index (κ3) is 2.36. The zero-order valence-corrected chi connectivity index (χ0v) is 11.5. The van der Waals surface area contributed by atoms with Gasteiger partial charge >= 0.3 is 0 Å². The van der Waals surface area contributed by atoms with Gasteiger partial charge < -0.3 is 9.47 Å². The molecule has 1 heterocycles. The van der Waals surface area contributed by atoms with Crippen LogP contribution in [0, 0.1) is 6.92 Å². The highest BCUT2D eigenvalue weighted by atomic mass is 35.5. The smallest absolute Gasteiger partial charge is 0.145 e. The van der Waals surface area contributed by atoms with E-state index in [4.69, 9.17) is 21.1 Å². The monoisotopic (exact) mass is 265 g/mol. The van der Waals surface area contributed by atoms with Gasteiger partial charge in [-0.05, 0) is 44.5 Å². The lowest BCUT2D eigenvalue weighted by atomic mass is 10.1. The number of benzene rings is 1. The van der Waals surface area contributed by atoms with Crippen LogP contribution in [0.25, 0.3) is 10.9 Å². The molecule has 18 heavy (non-hydrogen) atoms. The zero-order valence-electron chi connectivity index (χ0n) is 10.8. The summed E-state index contributed by atoms with van der Waals surface area (Å²) in [4.78, 5) is 4.40. The molecule has 0 amide bonds. The summed E-state index contributed by atoms with van der Waals surface area (Å²) in [6.45, 7) is 7.04. The van der Waals surface area contributed by atoms with Crippen LogP contribution in [-0.2, 0) is 0 Å². The summed E-state index contributed by atoms with van der Waals surface area (Å²) >= 11 is 6.08. The third-order valence-electron chi connectivity index (χ3n) is 2.64. The van der Waals surface area contributed by atoms with Gasteiger partial charge in [0, 0.05) is 5.39 Å². The Hall–Kier alpha value is -1.48. The Morgan fingerprint density at radius 3 is 2.39 bits per heavy atom. The highest BCUT2D eigenvalue weighted by molar-refractivity contribution is 6.30. The Kier molecular flexibility index (Phi) is 3.92. The maximum absolute atomic E-state index is 6.08. The van der Waals surface area contributed by atoms with Crippen LogP contribution in [0.1, 0.15) is 19.4 Å². The van der Waals surface area contributed by atoms with Gasteiger partial charge in [-0.1, -0.05) is 11.6 Å². The largest absolute Gasteiger partial charge is 0.493 e. The first-order valence-electron chi connectivity index (χ1n) is 6.02. The van der Waals surface area contributed by atoms with Crippen molar-refractivity contribution in [2.45, 2.75) is 20.8 Å². The topological polar surface area (TPSA) is 31.4 Å². The molecule has 0 fully saturated rings. The van der Waals surface area contributed by atoms with Crippen molar-refractivity contribution in [1.82, 2.24) is 4.98 Å². The van der Waals surface area contributed by atoms with E-state index in [1.54, 1.807) is 0 Å². The van der Waals surface area contributed by atoms with E-state index >= 15 is 0 Å². The summed E-state index contributed by atoms with van der Waals surface area (Å²) in [6.07, 6.45) is 0. The molecular formula is C14H16ClNO2. The van der Waals surface area contributed by atoms with Crippen molar-refractivity contribution in [1.29, 1.82) is 0 Å². The standard InChI is InChI=1S/C14H16ClNO2/c1-4-17-11-6-7-12(18-5-2)13-10(11)8-9(3)14(15)16-13/h6-8H,4-5H2,1-3H3. The highest BCUT2D eigenvalue weighted by Crippen LogP contribution is 2.34. The second-order valence-electron chi connectivity index (χ2n) is 3.92. The van der Waals surface area contributed by atoms with Gasteiger partial charge in [-0.25, -0.2) is 4.98 Å². The van der Waals surface area contributed by atoms with Crippen LogP contribution in [0.3, 0.4) is 0 Å². The molecule has 0 aliphatic rings. The Morgan fingerprint density at radius 2 is 1.72 bits per heavy atom. The predicted octanol–water partition coefficient (Wildman–Crippen LogP) is 3.99. The summed E-state index contributed by atoms with van der Waals surface area (Å²) in [5.41, 5.74) is 1.68. The Bertz CT molecular complexity index is 519. The fraction of sp³-hybridized carbons (Fsp3) is 0.357. The number of nitrogens with zero attached hydrogens (tertiary/aromatic N) is 1. The van der Waals surface area contributed by atoms with Crippen LogP contribution < -0.4 is 9.47 Å². The molecule has 0 atom stereocenters. The second kappa shape index (κ2) is 5.44. The minimum Gasteiger partial charge on any atom is -0.493 e. The molecule has 2 aromatic rings. The minimum atomic E-state index is 0.497. The number of ether oxygens (including phenoxy) is 2. The summed E-state index contributed by atoms with van der Waals surface area (Å²) in [7, 11) is 0. The van der Waals surface area contributed by atoms with Crippen molar-refractivity contribution >= 4 is 22.5 Å². The molecule has 0 bridgehead atoms. The van der Waals surface area contributed by atoms with Gasteiger partial charge in [0.2, 0.25) is 0 Å². The second-order valence-corrected chi connectivity index (χ2v) is 4.28. The lowest BCUT2D eigenvalue weighted by molar-refractivity contribution is 0.336.